The lowest BCUT2D eigenvalue weighted by atomic mass is 9.99. The minimum absolute atomic E-state index is 0.0717. The highest BCUT2D eigenvalue weighted by molar-refractivity contribution is 6.17. The Balaban J connectivity index is 2.03. The van der Waals surface area contributed by atoms with Gasteiger partial charge in [-0.2, -0.15) is 10.4 Å². The zero-order valence-electron chi connectivity index (χ0n) is 22.4. The number of hydrogen-bond acceptors (Lipinski definition) is 10. The van der Waals surface area contributed by atoms with Crippen molar-refractivity contribution in [2.75, 3.05) is 25.2 Å². The molecule has 204 valence electrons. The van der Waals surface area contributed by atoms with Crippen molar-refractivity contribution >= 4 is 40.5 Å². The normalized spacial score (nSPS) is 17.9. The summed E-state index contributed by atoms with van der Waals surface area (Å²) < 4.78 is 18.9. The predicted octanol–water partition coefficient (Wildman–Crippen LogP) is 3.58. The monoisotopic (exact) mass is 533 g/mol. The van der Waals surface area contributed by atoms with E-state index < -0.39 is 11.9 Å². The summed E-state index contributed by atoms with van der Waals surface area (Å²) >= 11 is 0. The van der Waals surface area contributed by atoms with Crippen LogP contribution < -0.4 is 10.6 Å². The van der Waals surface area contributed by atoms with Crippen molar-refractivity contribution < 1.29 is 23.5 Å². The molecule has 2 unspecified atom stereocenters. The molecule has 0 saturated carbocycles. The third-order valence-corrected chi connectivity index (χ3v) is 6.52. The Labute approximate surface area is 225 Å². The number of allylic oxidation sites excluding steroid dienone is 1. The molecule has 3 aromatic heterocycles. The molecule has 1 amide bonds. The topological polar surface area (TPSA) is 162 Å². The van der Waals surface area contributed by atoms with Crippen LogP contribution in [-0.4, -0.2) is 65.3 Å². The molecule has 4 heterocycles. The molecule has 0 aliphatic carbocycles. The Kier molecular flexibility index (Phi) is 8.41. The fraction of sp³-hybridized carbons (Fsp3) is 0.407. The van der Waals surface area contributed by atoms with Gasteiger partial charge >= 0.3 is 6.09 Å². The number of anilines is 1. The summed E-state index contributed by atoms with van der Waals surface area (Å²) in [7, 11) is 3.26. The van der Waals surface area contributed by atoms with Crippen molar-refractivity contribution in [2.24, 2.45) is 17.8 Å². The van der Waals surface area contributed by atoms with Crippen LogP contribution >= 0.6 is 0 Å². The molecule has 2 N–H and O–H groups in total. The third kappa shape index (κ3) is 5.39. The molecule has 0 bridgehead atoms. The standard InChI is InChI=1S/C27H31N7O5/c1-5-20-10-19(7-8-38-20)34(27(36)37-6-2)24-23-21(39-26(24)25(35)18-14-31-33(4)15-18)9-16(11-28)22(32-23)17(12-29)13-30-3/h9,12-15,19-20H,5-8,10,29H2,1-4H3/b17-12+,30-13?. The van der Waals surface area contributed by atoms with Crippen LogP contribution in [0, 0.1) is 11.3 Å². The van der Waals surface area contributed by atoms with Gasteiger partial charge in [0.15, 0.2) is 5.58 Å². The molecule has 1 saturated heterocycles. The first kappa shape index (κ1) is 27.5. The molecule has 12 nitrogen and oxygen atoms in total. The van der Waals surface area contributed by atoms with Gasteiger partial charge in [-0.25, -0.2) is 9.78 Å². The van der Waals surface area contributed by atoms with Crippen LogP contribution in [0.5, 0.6) is 0 Å². The molecule has 1 aliphatic rings. The molecule has 0 radical (unpaired) electrons. The number of ketones is 1. The molecule has 4 rings (SSSR count). The average Bonchev–Trinajstić information content (AvgIpc) is 3.54. The number of ether oxygens (including phenoxy) is 2. The van der Waals surface area contributed by atoms with E-state index in [0.29, 0.717) is 25.0 Å². The van der Waals surface area contributed by atoms with Gasteiger partial charge in [0.25, 0.3) is 0 Å². The van der Waals surface area contributed by atoms with Crippen LogP contribution in [-0.2, 0) is 16.5 Å². The number of carbonyl (C=O) groups excluding carboxylic acids is 2. The van der Waals surface area contributed by atoms with Gasteiger partial charge in [0.05, 0.1) is 35.7 Å². The first-order valence-electron chi connectivity index (χ1n) is 12.7. The summed E-state index contributed by atoms with van der Waals surface area (Å²) in [6, 6.07) is 3.23. The van der Waals surface area contributed by atoms with Gasteiger partial charge in [-0.15, -0.1) is 0 Å². The minimum Gasteiger partial charge on any atom is -0.449 e. The Morgan fingerprint density at radius 2 is 2.21 bits per heavy atom. The maximum absolute atomic E-state index is 13.8. The lowest BCUT2D eigenvalue weighted by Gasteiger charge is -2.36. The molecular formula is C27H31N7O5. The highest BCUT2D eigenvalue weighted by Crippen LogP contribution is 2.39. The molecule has 3 aromatic rings. The van der Waals surface area contributed by atoms with E-state index >= 15 is 0 Å². The minimum atomic E-state index is -0.639. The summed E-state index contributed by atoms with van der Waals surface area (Å²) in [6.07, 6.45) is 6.84. The van der Waals surface area contributed by atoms with Crippen molar-refractivity contribution in [3.63, 3.8) is 0 Å². The first-order chi connectivity index (χ1) is 18.9. The summed E-state index contributed by atoms with van der Waals surface area (Å²) in [5, 5.41) is 14.0. The molecule has 2 atom stereocenters. The van der Waals surface area contributed by atoms with E-state index in [9.17, 15) is 14.9 Å². The van der Waals surface area contributed by atoms with Crippen LogP contribution in [0.25, 0.3) is 16.7 Å². The van der Waals surface area contributed by atoms with E-state index in [-0.39, 0.29) is 58.1 Å². The number of carbonyl (C=O) groups is 2. The van der Waals surface area contributed by atoms with Gasteiger partial charge in [-0.3, -0.25) is 19.4 Å². The van der Waals surface area contributed by atoms with E-state index in [4.69, 9.17) is 24.6 Å². The van der Waals surface area contributed by atoms with Gasteiger partial charge in [0, 0.05) is 57.0 Å². The van der Waals surface area contributed by atoms with E-state index in [1.807, 2.05) is 6.92 Å². The van der Waals surface area contributed by atoms with Crippen molar-refractivity contribution in [3.8, 4) is 6.07 Å². The number of aryl methyl sites for hydroxylation is 1. The van der Waals surface area contributed by atoms with Gasteiger partial charge < -0.3 is 19.6 Å². The Bertz CT molecular complexity index is 1480. The summed E-state index contributed by atoms with van der Waals surface area (Å²) in [5.74, 6) is -0.601. The van der Waals surface area contributed by atoms with Crippen molar-refractivity contribution in [3.05, 3.63) is 47.2 Å². The maximum Gasteiger partial charge on any atom is 0.414 e. The quantitative estimate of drug-likeness (QED) is 0.337. The van der Waals surface area contributed by atoms with Gasteiger partial charge in [-0.1, -0.05) is 6.92 Å². The number of hydrogen-bond donors (Lipinski definition) is 1. The van der Waals surface area contributed by atoms with E-state index in [2.05, 4.69) is 16.2 Å². The number of amides is 1. The number of nitrogens with two attached hydrogens (primary N) is 1. The smallest absolute Gasteiger partial charge is 0.414 e. The average molecular weight is 534 g/mol. The van der Waals surface area contributed by atoms with Crippen molar-refractivity contribution in [1.82, 2.24) is 14.8 Å². The second-order valence-electron chi connectivity index (χ2n) is 9.01. The van der Waals surface area contributed by atoms with Crippen LogP contribution in [0.3, 0.4) is 0 Å². The van der Waals surface area contributed by atoms with E-state index in [0.717, 1.165) is 6.42 Å². The van der Waals surface area contributed by atoms with Gasteiger partial charge in [0.2, 0.25) is 11.5 Å². The Morgan fingerprint density at radius 1 is 1.41 bits per heavy atom. The number of rotatable bonds is 8. The molecule has 39 heavy (non-hydrogen) atoms. The third-order valence-electron chi connectivity index (χ3n) is 6.52. The number of fused-ring (bicyclic) bond motifs is 1. The lowest BCUT2D eigenvalue weighted by molar-refractivity contribution is 0.00467. The fourth-order valence-electron chi connectivity index (χ4n) is 4.68. The number of nitrogens with zero attached hydrogens (tertiary/aromatic N) is 6. The first-order valence-corrected chi connectivity index (χ1v) is 12.7. The molecule has 12 heteroatoms. The van der Waals surface area contributed by atoms with Gasteiger partial charge in [-0.05, 0) is 26.2 Å². The SMILES string of the molecule is CCOC(=O)N(c1c(C(=O)c2cnn(C)c2)oc2cc(C#N)c(/C(C=NC)=C/N)nc12)C1CCOC(CC)C1. The molecule has 0 spiro atoms. The number of pyridine rings is 1. The summed E-state index contributed by atoms with van der Waals surface area (Å²) in [4.78, 5) is 37.5. The van der Waals surface area contributed by atoms with E-state index in [1.54, 1.807) is 27.2 Å². The highest BCUT2D eigenvalue weighted by atomic mass is 16.6. The fourth-order valence-corrected chi connectivity index (χ4v) is 4.68. The molecule has 1 fully saturated rings. The predicted molar refractivity (Wildman–Crippen MR) is 144 cm³/mol. The maximum atomic E-state index is 13.8. The second-order valence-corrected chi connectivity index (χ2v) is 9.01. The van der Waals surface area contributed by atoms with Gasteiger partial charge in [0.1, 0.15) is 17.3 Å². The second kappa shape index (κ2) is 11.9. The zero-order chi connectivity index (χ0) is 28.1. The van der Waals surface area contributed by atoms with Crippen molar-refractivity contribution in [2.45, 2.75) is 45.3 Å². The summed E-state index contributed by atoms with van der Waals surface area (Å²) in [6.45, 7) is 4.29. The number of aromatic nitrogens is 3. The largest absolute Gasteiger partial charge is 0.449 e. The number of nitriles is 1. The summed E-state index contributed by atoms with van der Waals surface area (Å²) in [5.41, 5.74) is 7.44. The molecule has 1 aliphatic heterocycles. The highest BCUT2D eigenvalue weighted by Gasteiger charge is 2.38. The lowest BCUT2D eigenvalue weighted by Crippen LogP contribution is -2.46. The van der Waals surface area contributed by atoms with Crippen LogP contribution in [0.15, 0.2) is 34.1 Å². The number of furan rings is 1. The molecule has 0 aromatic carbocycles. The van der Waals surface area contributed by atoms with Crippen LogP contribution in [0.4, 0.5) is 10.5 Å². The Morgan fingerprint density at radius 3 is 2.82 bits per heavy atom. The Hall–Kier alpha value is -4.50. The van der Waals surface area contributed by atoms with Crippen LogP contribution in [0.1, 0.15) is 60.5 Å². The van der Waals surface area contributed by atoms with Crippen molar-refractivity contribution in [1.29, 1.82) is 5.26 Å². The molecular weight excluding hydrogens is 502 g/mol. The zero-order valence-corrected chi connectivity index (χ0v) is 22.4. The number of aliphatic imine (C=N–C) groups is 1. The van der Waals surface area contributed by atoms with Crippen LogP contribution in [0.2, 0.25) is 0 Å². The van der Waals surface area contributed by atoms with E-state index in [1.165, 1.54) is 34.3 Å².